The van der Waals surface area contributed by atoms with Crippen LogP contribution in [0.15, 0.2) is 101 Å². The van der Waals surface area contributed by atoms with Gasteiger partial charge in [-0.25, -0.2) is 8.42 Å². The molecule has 3 nitrogen and oxygen atoms in total. The van der Waals surface area contributed by atoms with Crippen molar-refractivity contribution in [1.29, 1.82) is 0 Å². The Morgan fingerprint density at radius 1 is 0.857 bits per heavy atom. The van der Waals surface area contributed by atoms with Gasteiger partial charge in [0.15, 0.2) is 0 Å². The third kappa shape index (κ3) is 5.24. The zero-order chi connectivity index (χ0) is 19.8. The third-order valence-corrected chi connectivity index (χ3v) is 5.88. The Kier molecular flexibility index (Phi) is 6.90. The second kappa shape index (κ2) is 9.58. The summed E-state index contributed by atoms with van der Waals surface area (Å²) < 4.78 is 32.0. The van der Waals surface area contributed by atoms with E-state index in [1.807, 2.05) is 60.7 Å². The molecule has 3 aromatic carbocycles. The molecule has 0 aliphatic rings. The second-order valence-electron chi connectivity index (χ2n) is 6.20. The minimum absolute atomic E-state index is 0.223. The average molecular weight is 413 g/mol. The summed E-state index contributed by atoms with van der Waals surface area (Å²) in [6, 6.07) is 27.2. The van der Waals surface area contributed by atoms with Crippen LogP contribution in [0.3, 0.4) is 0 Å². The van der Waals surface area contributed by atoms with E-state index in [-0.39, 0.29) is 11.0 Å². The minimum atomic E-state index is -3.67. The summed E-state index contributed by atoms with van der Waals surface area (Å²) in [5.74, 6) is 0.691. The van der Waals surface area contributed by atoms with Gasteiger partial charge in [-0.3, -0.25) is 0 Å². The van der Waals surface area contributed by atoms with E-state index in [0.717, 1.165) is 5.56 Å². The molecule has 28 heavy (non-hydrogen) atoms. The summed E-state index contributed by atoms with van der Waals surface area (Å²) >= 11 is 5.99. The average Bonchev–Trinajstić information content (AvgIpc) is 2.74. The molecule has 0 spiro atoms. The number of sulfone groups is 1. The first-order chi connectivity index (χ1) is 13.6. The number of hydrogen-bond donors (Lipinski definition) is 0. The summed E-state index contributed by atoms with van der Waals surface area (Å²) in [4.78, 5) is 0.223. The van der Waals surface area contributed by atoms with Crippen LogP contribution in [0, 0.1) is 0 Å². The fourth-order valence-corrected chi connectivity index (χ4v) is 4.14. The molecule has 0 radical (unpaired) electrons. The topological polar surface area (TPSA) is 43.4 Å². The molecule has 1 atom stereocenters. The van der Waals surface area contributed by atoms with Crippen LogP contribution < -0.4 is 0 Å². The Morgan fingerprint density at radius 3 is 1.96 bits per heavy atom. The van der Waals surface area contributed by atoms with E-state index < -0.39 is 9.84 Å². The Hall–Kier alpha value is -2.56. The molecule has 0 amide bonds. The van der Waals surface area contributed by atoms with Crippen molar-refractivity contribution in [3.63, 3.8) is 0 Å². The molecule has 0 bridgehead atoms. The lowest BCUT2D eigenvalue weighted by atomic mass is 10.1. The molecule has 0 fully saturated rings. The maximum absolute atomic E-state index is 12.9. The molecule has 3 rings (SSSR count). The van der Waals surface area contributed by atoms with Crippen LogP contribution in [0.4, 0.5) is 0 Å². The monoisotopic (exact) mass is 412 g/mol. The molecule has 0 aromatic heterocycles. The maximum atomic E-state index is 12.9. The molecule has 0 unspecified atom stereocenters. The van der Waals surface area contributed by atoms with E-state index in [1.54, 1.807) is 30.3 Å². The van der Waals surface area contributed by atoms with E-state index in [4.69, 9.17) is 16.3 Å². The zero-order valence-electron chi connectivity index (χ0n) is 15.2. The summed E-state index contributed by atoms with van der Waals surface area (Å²) in [6.07, 6.45) is 0.206. The van der Waals surface area contributed by atoms with Crippen molar-refractivity contribution in [1.82, 2.24) is 0 Å². The summed E-state index contributed by atoms with van der Waals surface area (Å²) in [5, 5.41) is 1.20. The van der Waals surface area contributed by atoms with Gasteiger partial charge < -0.3 is 4.74 Å². The van der Waals surface area contributed by atoms with E-state index in [0.29, 0.717) is 23.6 Å². The molecule has 0 saturated heterocycles. The molecule has 0 N–H and O–H groups in total. The van der Waals surface area contributed by atoms with Crippen LogP contribution in [0.1, 0.15) is 23.7 Å². The second-order valence-corrected chi connectivity index (χ2v) is 8.38. The molecule has 0 saturated carbocycles. The van der Waals surface area contributed by atoms with E-state index in [2.05, 4.69) is 0 Å². The zero-order valence-corrected chi connectivity index (χ0v) is 16.8. The Morgan fingerprint density at radius 2 is 1.39 bits per heavy atom. The maximum Gasteiger partial charge on any atom is 0.203 e. The van der Waals surface area contributed by atoms with Crippen LogP contribution in [-0.4, -0.2) is 14.3 Å². The van der Waals surface area contributed by atoms with Crippen molar-refractivity contribution < 1.29 is 13.2 Å². The number of rotatable bonds is 8. The van der Waals surface area contributed by atoms with Gasteiger partial charge in [0.1, 0.15) is 11.9 Å². The van der Waals surface area contributed by atoms with E-state index in [9.17, 15) is 8.42 Å². The van der Waals surface area contributed by atoms with Gasteiger partial charge in [0, 0.05) is 17.9 Å². The van der Waals surface area contributed by atoms with Crippen LogP contribution in [0.2, 0.25) is 0 Å². The molecule has 3 aromatic rings. The molecular weight excluding hydrogens is 392 g/mol. The molecule has 0 aliphatic heterocycles. The van der Waals surface area contributed by atoms with Gasteiger partial charge in [-0.1, -0.05) is 78.9 Å². The Balaban J connectivity index is 2.02. The number of alkyl halides is 1. The molecule has 0 heterocycles. The first kappa shape index (κ1) is 20.2. The quantitative estimate of drug-likeness (QED) is 0.344. The summed E-state index contributed by atoms with van der Waals surface area (Å²) in [7, 11) is -3.67. The van der Waals surface area contributed by atoms with Gasteiger partial charge in [-0.15, -0.1) is 11.6 Å². The van der Waals surface area contributed by atoms with Gasteiger partial charge in [-0.05, 0) is 17.7 Å². The van der Waals surface area contributed by atoms with Gasteiger partial charge in [0.25, 0.3) is 0 Å². The highest BCUT2D eigenvalue weighted by Crippen LogP contribution is 2.30. The van der Waals surface area contributed by atoms with Crippen LogP contribution in [0.25, 0.3) is 5.76 Å². The first-order valence-electron chi connectivity index (χ1n) is 8.95. The third-order valence-electron chi connectivity index (χ3n) is 4.20. The van der Waals surface area contributed by atoms with Gasteiger partial charge in [0.05, 0.1) is 10.3 Å². The fourth-order valence-electron chi connectivity index (χ4n) is 2.80. The normalized spacial score (nSPS) is 13.1. The number of benzene rings is 3. The SMILES string of the molecule is O=S(=O)(/C=C(\O[C@H](CCCl)c1ccccc1)c1ccccc1)c1ccccc1. The minimum Gasteiger partial charge on any atom is -0.484 e. The Labute approximate surface area is 171 Å². The molecule has 144 valence electrons. The van der Waals surface area contributed by atoms with Crippen molar-refractivity contribution >= 4 is 27.2 Å². The van der Waals surface area contributed by atoms with Gasteiger partial charge >= 0.3 is 0 Å². The lowest BCUT2D eigenvalue weighted by Gasteiger charge is -2.21. The first-order valence-corrected chi connectivity index (χ1v) is 11.0. The van der Waals surface area contributed by atoms with Crippen molar-refractivity contribution in [2.75, 3.05) is 5.88 Å². The van der Waals surface area contributed by atoms with Crippen molar-refractivity contribution in [3.8, 4) is 0 Å². The van der Waals surface area contributed by atoms with Gasteiger partial charge in [-0.2, -0.15) is 0 Å². The highest BCUT2D eigenvalue weighted by molar-refractivity contribution is 7.94. The van der Waals surface area contributed by atoms with E-state index >= 15 is 0 Å². The Bertz CT molecular complexity index is 1000. The lowest BCUT2D eigenvalue weighted by molar-refractivity contribution is 0.166. The number of hydrogen-bond acceptors (Lipinski definition) is 3. The van der Waals surface area contributed by atoms with Crippen LogP contribution in [0.5, 0.6) is 0 Å². The molecule has 5 heteroatoms. The highest BCUT2D eigenvalue weighted by Gasteiger charge is 2.19. The predicted molar refractivity (Wildman–Crippen MR) is 114 cm³/mol. The molecule has 0 aliphatic carbocycles. The highest BCUT2D eigenvalue weighted by atomic mass is 35.5. The van der Waals surface area contributed by atoms with Crippen LogP contribution >= 0.6 is 11.6 Å². The standard InChI is InChI=1S/C23H21ClO3S/c24-17-16-22(19-10-4-1-5-11-19)27-23(20-12-6-2-7-13-20)18-28(25,26)21-14-8-3-9-15-21/h1-15,18,22H,16-17H2/b23-18-/t22-/m1/s1. The largest absolute Gasteiger partial charge is 0.484 e. The predicted octanol–water partition coefficient (Wildman–Crippen LogP) is 5.85. The van der Waals surface area contributed by atoms with Gasteiger partial charge in [0.2, 0.25) is 9.84 Å². The van der Waals surface area contributed by atoms with Crippen LogP contribution in [-0.2, 0) is 14.6 Å². The smallest absolute Gasteiger partial charge is 0.203 e. The van der Waals surface area contributed by atoms with E-state index in [1.165, 1.54) is 5.41 Å². The van der Waals surface area contributed by atoms with Crippen molar-refractivity contribution in [3.05, 3.63) is 108 Å². The lowest BCUT2D eigenvalue weighted by Crippen LogP contribution is -2.07. The van der Waals surface area contributed by atoms with Crippen molar-refractivity contribution in [2.24, 2.45) is 0 Å². The van der Waals surface area contributed by atoms with Crippen molar-refractivity contribution in [2.45, 2.75) is 17.4 Å². The fraction of sp³-hybridized carbons (Fsp3) is 0.130. The molecular formula is C23H21ClO3S. The number of ether oxygens (including phenoxy) is 1. The number of halogens is 1. The summed E-state index contributed by atoms with van der Waals surface area (Å²) in [5.41, 5.74) is 1.64. The summed E-state index contributed by atoms with van der Waals surface area (Å²) in [6.45, 7) is 0.